The van der Waals surface area contributed by atoms with E-state index in [-0.39, 0.29) is 5.41 Å². The van der Waals surface area contributed by atoms with Gasteiger partial charge >= 0.3 is 0 Å². The van der Waals surface area contributed by atoms with Gasteiger partial charge in [-0.1, -0.05) is 6.92 Å². The van der Waals surface area contributed by atoms with E-state index in [9.17, 15) is 0 Å². The molecule has 1 unspecified atom stereocenters. The highest BCUT2D eigenvalue weighted by atomic mass is 16.5. The van der Waals surface area contributed by atoms with Gasteiger partial charge in [-0.05, 0) is 37.1 Å². The molecule has 4 heterocycles. The van der Waals surface area contributed by atoms with Crippen molar-refractivity contribution in [2.24, 2.45) is 12.5 Å². The number of hydrogen-bond acceptors (Lipinski definition) is 9. The lowest BCUT2D eigenvalue weighted by molar-refractivity contribution is 0.164. The molecule has 34 heavy (non-hydrogen) atoms. The molecule has 1 atom stereocenters. The van der Waals surface area contributed by atoms with Crippen LogP contribution in [0.1, 0.15) is 18.9 Å². The number of aromatic nitrogens is 6. The topological polar surface area (TPSA) is 112 Å². The molecule has 4 aromatic rings. The van der Waals surface area contributed by atoms with Crippen LogP contribution in [-0.4, -0.2) is 56.6 Å². The Kier molecular flexibility index (Phi) is 5.74. The Morgan fingerprint density at radius 3 is 2.85 bits per heavy atom. The molecule has 0 aliphatic carbocycles. The van der Waals surface area contributed by atoms with E-state index in [1.54, 1.807) is 13.4 Å². The summed E-state index contributed by atoms with van der Waals surface area (Å²) in [5.74, 6) is 2.61. The van der Waals surface area contributed by atoms with Crippen molar-refractivity contribution in [2.75, 3.05) is 37.5 Å². The number of rotatable bonds is 7. The van der Waals surface area contributed by atoms with Crippen molar-refractivity contribution in [3.8, 4) is 17.1 Å². The monoisotopic (exact) mass is 460 g/mol. The van der Waals surface area contributed by atoms with Crippen molar-refractivity contribution >= 4 is 28.4 Å². The minimum absolute atomic E-state index is 0.0881. The normalized spacial score (nSPS) is 17.8. The molecule has 1 saturated heterocycles. The lowest BCUT2D eigenvalue weighted by Crippen LogP contribution is -2.27. The number of methoxy groups -OCH3 is 1. The van der Waals surface area contributed by atoms with Gasteiger partial charge in [-0.2, -0.15) is 0 Å². The van der Waals surface area contributed by atoms with Crippen LogP contribution >= 0.6 is 0 Å². The van der Waals surface area contributed by atoms with E-state index in [0.29, 0.717) is 11.7 Å². The van der Waals surface area contributed by atoms with Crippen LogP contribution in [0.25, 0.3) is 22.3 Å². The predicted octanol–water partition coefficient (Wildman–Crippen LogP) is 3.72. The quantitative estimate of drug-likeness (QED) is 0.426. The highest BCUT2D eigenvalue weighted by Crippen LogP contribution is 2.33. The number of hydrogen-bond donors (Lipinski definition) is 2. The van der Waals surface area contributed by atoms with Gasteiger partial charge in [-0.3, -0.25) is 0 Å². The van der Waals surface area contributed by atoms with Gasteiger partial charge in [0.15, 0.2) is 11.6 Å². The summed E-state index contributed by atoms with van der Waals surface area (Å²) in [5.41, 5.74) is 3.53. The molecule has 10 nitrogen and oxygen atoms in total. The van der Waals surface area contributed by atoms with Crippen LogP contribution in [0.5, 0.6) is 5.75 Å². The number of nitrogens with one attached hydrogen (secondary N) is 2. The summed E-state index contributed by atoms with van der Waals surface area (Å²) in [4.78, 5) is 14.0. The molecule has 176 valence electrons. The summed E-state index contributed by atoms with van der Waals surface area (Å²) in [6, 6.07) is 5.79. The lowest BCUT2D eigenvalue weighted by Gasteiger charge is -2.22. The fourth-order valence-corrected chi connectivity index (χ4v) is 4.08. The van der Waals surface area contributed by atoms with Crippen molar-refractivity contribution in [2.45, 2.75) is 20.3 Å². The van der Waals surface area contributed by atoms with E-state index in [0.717, 1.165) is 65.5 Å². The van der Waals surface area contributed by atoms with Gasteiger partial charge in [0, 0.05) is 49.0 Å². The molecule has 0 spiro atoms. The Bertz CT molecular complexity index is 1330. The third-order valence-corrected chi connectivity index (χ3v) is 6.23. The molecule has 0 radical (unpaired) electrons. The van der Waals surface area contributed by atoms with Gasteiger partial charge < -0.3 is 24.7 Å². The first kappa shape index (κ1) is 22.0. The third-order valence-electron chi connectivity index (χ3n) is 6.23. The maximum Gasteiger partial charge on any atom is 0.227 e. The van der Waals surface area contributed by atoms with Crippen LogP contribution in [0.4, 0.5) is 17.5 Å². The maximum absolute atomic E-state index is 5.62. The molecule has 10 heteroatoms. The van der Waals surface area contributed by atoms with Crippen LogP contribution < -0.4 is 15.4 Å². The standard InChI is InChI=1S/C24H28N8O2/c1-15-10-25-21(27-12-24(2)7-8-34-13-24)20-17(15)11-26-23(30-20)29-18-6-5-16(9-19(18)33-4)22-31-28-14-32(22)3/h5-6,9-11,14H,7-8,12-13H2,1-4H3,(H,25,27)(H,26,29,30). The van der Waals surface area contributed by atoms with Crippen molar-refractivity contribution < 1.29 is 9.47 Å². The van der Waals surface area contributed by atoms with Crippen molar-refractivity contribution in [3.63, 3.8) is 0 Å². The first-order valence-corrected chi connectivity index (χ1v) is 11.2. The van der Waals surface area contributed by atoms with Gasteiger partial charge in [0.05, 0.1) is 19.4 Å². The molecule has 1 aliphatic heterocycles. The summed E-state index contributed by atoms with van der Waals surface area (Å²) in [7, 11) is 3.53. The second-order valence-corrected chi connectivity index (χ2v) is 9.02. The number of fused-ring (bicyclic) bond motifs is 1. The molecule has 0 bridgehead atoms. The molecule has 2 N–H and O–H groups in total. The SMILES string of the molecule is COc1cc(-c2nncn2C)ccc1Nc1ncc2c(C)cnc(NCC3(C)CCOC3)c2n1. The molecule has 0 saturated carbocycles. The number of benzene rings is 1. The van der Waals surface area contributed by atoms with Gasteiger partial charge in [-0.15, -0.1) is 10.2 Å². The minimum atomic E-state index is 0.0881. The van der Waals surface area contributed by atoms with E-state index >= 15 is 0 Å². The molecular weight excluding hydrogens is 432 g/mol. The molecule has 1 fully saturated rings. The van der Waals surface area contributed by atoms with E-state index in [4.69, 9.17) is 14.5 Å². The predicted molar refractivity (Wildman–Crippen MR) is 130 cm³/mol. The van der Waals surface area contributed by atoms with Crippen molar-refractivity contribution in [3.05, 3.63) is 42.5 Å². The maximum atomic E-state index is 5.62. The molecule has 1 aromatic carbocycles. The Morgan fingerprint density at radius 1 is 1.24 bits per heavy atom. The fraction of sp³-hybridized carbons (Fsp3) is 0.375. The Balaban J connectivity index is 1.44. The van der Waals surface area contributed by atoms with Crippen LogP contribution in [-0.2, 0) is 11.8 Å². The number of pyridine rings is 1. The highest BCUT2D eigenvalue weighted by Gasteiger charge is 2.29. The average Bonchev–Trinajstić information content (AvgIpc) is 3.47. The first-order chi connectivity index (χ1) is 16.5. The van der Waals surface area contributed by atoms with Crippen LogP contribution in [0, 0.1) is 12.3 Å². The van der Waals surface area contributed by atoms with Crippen LogP contribution in [0.2, 0.25) is 0 Å². The van der Waals surface area contributed by atoms with Crippen molar-refractivity contribution in [1.29, 1.82) is 0 Å². The average molecular weight is 461 g/mol. The van der Waals surface area contributed by atoms with E-state index in [1.807, 2.05) is 49.1 Å². The van der Waals surface area contributed by atoms with E-state index < -0.39 is 0 Å². The van der Waals surface area contributed by atoms with Gasteiger partial charge in [0.2, 0.25) is 5.95 Å². The van der Waals surface area contributed by atoms with Gasteiger partial charge in [-0.25, -0.2) is 15.0 Å². The summed E-state index contributed by atoms with van der Waals surface area (Å²) < 4.78 is 13.1. The Morgan fingerprint density at radius 2 is 2.12 bits per heavy atom. The van der Waals surface area contributed by atoms with Crippen LogP contribution in [0.3, 0.4) is 0 Å². The first-order valence-electron chi connectivity index (χ1n) is 11.2. The van der Waals surface area contributed by atoms with E-state index in [2.05, 4.69) is 37.7 Å². The highest BCUT2D eigenvalue weighted by molar-refractivity contribution is 5.91. The molecule has 0 amide bonds. The summed E-state index contributed by atoms with van der Waals surface area (Å²) in [6.45, 7) is 6.55. The van der Waals surface area contributed by atoms with Gasteiger partial charge in [0.1, 0.15) is 17.6 Å². The lowest BCUT2D eigenvalue weighted by atomic mass is 9.90. The molecule has 3 aromatic heterocycles. The zero-order chi connectivity index (χ0) is 23.7. The smallest absolute Gasteiger partial charge is 0.227 e. The second kappa shape index (κ2) is 8.86. The number of aryl methyl sites for hydroxylation is 2. The number of ether oxygens (including phenoxy) is 2. The van der Waals surface area contributed by atoms with Gasteiger partial charge in [0.25, 0.3) is 0 Å². The molecule has 5 rings (SSSR count). The second-order valence-electron chi connectivity index (χ2n) is 9.02. The fourth-order valence-electron chi connectivity index (χ4n) is 4.08. The largest absolute Gasteiger partial charge is 0.495 e. The number of nitrogens with zero attached hydrogens (tertiary/aromatic N) is 6. The number of anilines is 3. The van der Waals surface area contributed by atoms with Crippen molar-refractivity contribution in [1.82, 2.24) is 29.7 Å². The molecule has 1 aliphatic rings. The Hall–Kier alpha value is -3.79. The summed E-state index contributed by atoms with van der Waals surface area (Å²) in [6.07, 6.45) is 6.37. The van der Waals surface area contributed by atoms with Crippen LogP contribution in [0.15, 0.2) is 36.9 Å². The van der Waals surface area contributed by atoms with E-state index in [1.165, 1.54) is 0 Å². The third kappa shape index (κ3) is 4.24. The summed E-state index contributed by atoms with van der Waals surface area (Å²) >= 11 is 0. The summed E-state index contributed by atoms with van der Waals surface area (Å²) in [5, 5.41) is 15.9. The minimum Gasteiger partial charge on any atom is -0.495 e. The zero-order valence-corrected chi connectivity index (χ0v) is 19.8. The zero-order valence-electron chi connectivity index (χ0n) is 19.8. The molecular formula is C24H28N8O2. The Labute approximate surface area is 197 Å².